The van der Waals surface area contributed by atoms with Crippen LogP contribution in [0, 0.1) is 0 Å². The van der Waals surface area contributed by atoms with Crippen molar-refractivity contribution in [3.8, 4) is 0 Å². The first-order chi connectivity index (χ1) is 10.0. The van der Waals surface area contributed by atoms with Gasteiger partial charge in [-0.05, 0) is 23.3 Å². The molecule has 0 aliphatic carbocycles. The first kappa shape index (κ1) is 19.6. The monoisotopic (exact) mass is 349 g/mol. The zero-order chi connectivity index (χ0) is 17.0. The summed E-state index contributed by atoms with van der Waals surface area (Å²) in [6.07, 6.45) is 1.92. The Morgan fingerprint density at radius 3 is 2.05 bits per heavy atom. The summed E-state index contributed by atoms with van der Waals surface area (Å²) in [5, 5.41) is 0. The van der Waals surface area contributed by atoms with E-state index in [9.17, 15) is 0 Å². The van der Waals surface area contributed by atoms with Crippen molar-refractivity contribution in [2.75, 3.05) is 0 Å². The number of nitrogens with one attached hydrogen (secondary N) is 1. The van der Waals surface area contributed by atoms with Crippen LogP contribution in [-0.2, 0) is 6.04 Å². The molecule has 1 nitrogen and oxygen atoms in total. The first-order valence-electron chi connectivity index (χ1n) is 8.51. The Bertz CT molecular complexity index is 472. The minimum Gasteiger partial charge on any atom is -0.338 e. The second kappa shape index (κ2) is 7.90. The molecule has 0 fully saturated rings. The first-order valence-corrected chi connectivity index (χ1v) is 18.4. The molecule has 4 heteroatoms. The van der Waals surface area contributed by atoms with Crippen LogP contribution in [0.2, 0.25) is 51.9 Å². The van der Waals surface area contributed by atoms with Gasteiger partial charge in [0.1, 0.15) is 8.24 Å². The summed E-state index contributed by atoms with van der Waals surface area (Å²) in [7, 11) is -3.08. The third-order valence-corrected chi connectivity index (χ3v) is 11.1. The van der Waals surface area contributed by atoms with Crippen LogP contribution in [0.15, 0.2) is 30.8 Å². The molecule has 0 amide bonds. The topological polar surface area (TPSA) is 12.0 Å². The quantitative estimate of drug-likeness (QED) is 0.656. The van der Waals surface area contributed by atoms with Gasteiger partial charge in [-0.15, -0.1) is 0 Å². The molecular formula is C18H35NSi3. The third-order valence-electron chi connectivity index (χ3n) is 4.09. The number of hydrogen-bond acceptors (Lipinski definition) is 1. The highest BCUT2D eigenvalue weighted by Crippen LogP contribution is 2.21. The summed E-state index contributed by atoms with van der Waals surface area (Å²) >= 11 is 0. The molecule has 0 radical (unpaired) electrons. The van der Waals surface area contributed by atoms with Gasteiger partial charge >= 0.3 is 0 Å². The molecule has 1 aromatic rings. The Balaban J connectivity index is 2.76. The molecule has 1 atom stereocenters. The maximum Gasteiger partial charge on any atom is 0.116 e. The summed E-state index contributed by atoms with van der Waals surface area (Å²) in [5.41, 5.74) is 3.52. The van der Waals surface area contributed by atoms with Gasteiger partial charge in [-0.1, -0.05) is 88.3 Å². The van der Waals surface area contributed by atoms with Crippen molar-refractivity contribution in [2.24, 2.45) is 0 Å². The van der Waals surface area contributed by atoms with E-state index < -0.39 is 25.1 Å². The SMILES string of the molecule is C=Cc1ccc(C[Si](C)(C)CC(N[Si](C)(C)C)[SiH](C)C)cc1. The van der Waals surface area contributed by atoms with E-state index in [0.717, 1.165) is 5.67 Å². The minimum absolute atomic E-state index is 0.661. The van der Waals surface area contributed by atoms with Gasteiger partial charge in [-0.25, -0.2) is 0 Å². The van der Waals surface area contributed by atoms with E-state index in [4.69, 9.17) is 0 Å². The van der Waals surface area contributed by atoms with Crippen molar-refractivity contribution in [3.63, 3.8) is 0 Å². The lowest BCUT2D eigenvalue weighted by atomic mass is 10.1. The van der Waals surface area contributed by atoms with Gasteiger partial charge in [0.25, 0.3) is 0 Å². The highest BCUT2D eigenvalue weighted by Gasteiger charge is 2.30. The summed E-state index contributed by atoms with van der Waals surface area (Å²) in [4.78, 5) is 4.04. The van der Waals surface area contributed by atoms with Gasteiger partial charge < -0.3 is 4.98 Å². The molecule has 1 aromatic carbocycles. The predicted octanol–water partition coefficient (Wildman–Crippen LogP) is 4.94. The second-order valence-electron chi connectivity index (χ2n) is 8.74. The van der Waals surface area contributed by atoms with Crippen LogP contribution in [0.4, 0.5) is 0 Å². The zero-order valence-electron chi connectivity index (χ0n) is 15.7. The lowest BCUT2D eigenvalue weighted by molar-refractivity contribution is 0.841. The van der Waals surface area contributed by atoms with Crippen LogP contribution in [0.3, 0.4) is 0 Å². The molecule has 124 valence electrons. The summed E-state index contributed by atoms with van der Waals surface area (Å²) in [5.74, 6) is 0. The van der Waals surface area contributed by atoms with E-state index in [-0.39, 0.29) is 0 Å². The van der Waals surface area contributed by atoms with Gasteiger partial charge in [-0.2, -0.15) is 0 Å². The van der Waals surface area contributed by atoms with Gasteiger partial charge in [-0.3, -0.25) is 0 Å². The number of benzene rings is 1. The van der Waals surface area contributed by atoms with E-state index >= 15 is 0 Å². The Morgan fingerprint density at radius 2 is 1.64 bits per heavy atom. The Morgan fingerprint density at radius 1 is 1.09 bits per heavy atom. The number of rotatable bonds is 8. The molecule has 1 N–H and O–H groups in total. The summed E-state index contributed by atoms with van der Waals surface area (Å²) < 4.78 is 0. The van der Waals surface area contributed by atoms with Crippen molar-refractivity contribution in [1.82, 2.24) is 4.98 Å². The highest BCUT2D eigenvalue weighted by molar-refractivity contribution is 6.79. The van der Waals surface area contributed by atoms with Crippen LogP contribution in [-0.4, -0.2) is 30.8 Å². The molecule has 0 aromatic heterocycles. The highest BCUT2D eigenvalue weighted by atomic mass is 28.3. The molecule has 22 heavy (non-hydrogen) atoms. The van der Waals surface area contributed by atoms with Crippen LogP contribution in [0.5, 0.6) is 0 Å². The fourth-order valence-electron chi connectivity index (χ4n) is 3.00. The van der Waals surface area contributed by atoms with Crippen LogP contribution < -0.4 is 4.98 Å². The standard InChI is InChI=1S/C18H35NSi3/c1-9-16-10-12-17(13-11-16)14-22(7,8)15-18(20(2)3)19-21(4,5)6/h9-13,18-20H,1,14-15H2,2-8H3. The Hall–Kier alpha value is -0.429. The molecule has 0 saturated carbocycles. The van der Waals surface area contributed by atoms with E-state index in [1.807, 2.05) is 6.08 Å². The Labute approximate surface area is 141 Å². The average Bonchev–Trinajstić information content (AvgIpc) is 2.36. The molecule has 0 spiro atoms. The maximum absolute atomic E-state index is 4.04. The molecule has 0 heterocycles. The molecule has 1 rings (SSSR count). The normalized spacial score (nSPS) is 14.2. The van der Waals surface area contributed by atoms with Crippen molar-refractivity contribution < 1.29 is 0 Å². The number of hydrogen-bond donors (Lipinski definition) is 1. The molecular weight excluding hydrogens is 314 g/mol. The zero-order valence-corrected chi connectivity index (χ0v) is 18.8. The smallest absolute Gasteiger partial charge is 0.116 e. The second-order valence-corrected chi connectivity index (χ2v) is 21.9. The van der Waals surface area contributed by atoms with Crippen molar-refractivity contribution in [2.45, 2.75) is 63.6 Å². The third kappa shape index (κ3) is 7.22. The predicted molar refractivity (Wildman–Crippen MR) is 112 cm³/mol. The Kier molecular flexibility index (Phi) is 7.05. The van der Waals surface area contributed by atoms with Gasteiger partial charge in [0.2, 0.25) is 0 Å². The van der Waals surface area contributed by atoms with E-state index in [0.29, 0.717) is 0 Å². The van der Waals surface area contributed by atoms with E-state index in [1.54, 1.807) is 0 Å². The lowest BCUT2D eigenvalue weighted by Gasteiger charge is -2.35. The minimum atomic E-state index is -1.23. The van der Waals surface area contributed by atoms with Crippen molar-refractivity contribution >= 4 is 31.2 Å². The van der Waals surface area contributed by atoms with Crippen LogP contribution in [0.1, 0.15) is 11.1 Å². The average molecular weight is 350 g/mol. The van der Waals surface area contributed by atoms with Crippen molar-refractivity contribution in [1.29, 1.82) is 0 Å². The summed E-state index contributed by atoms with van der Waals surface area (Å²) in [6, 6.07) is 11.7. The summed E-state index contributed by atoms with van der Waals surface area (Å²) in [6.45, 7) is 21.2. The molecule has 0 aliphatic rings. The molecule has 0 saturated heterocycles. The largest absolute Gasteiger partial charge is 0.338 e. The fraction of sp³-hybridized carbons (Fsp3) is 0.556. The maximum atomic E-state index is 4.04. The van der Waals surface area contributed by atoms with Gasteiger partial charge in [0.05, 0.1) is 8.07 Å². The lowest BCUT2D eigenvalue weighted by Crippen LogP contribution is -2.55. The molecule has 0 bridgehead atoms. The van der Waals surface area contributed by atoms with Crippen molar-refractivity contribution in [3.05, 3.63) is 42.0 Å². The van der Waals surface area contributed by atoms with Gasteiger partial charge in [0.15, 0.2) is 0 Å². The fourth-order valence-corrected chi connectivity index (χ4v) is 13.8. The van der Waals surface area contributed by atoms with E-state index in [1.165, 1.54) is 23.2 Å². The van der Waals surface area contributed by atoms with E-state index in [2.05, 4.69) is 81.7 Å². The van der Waals surface area contributed by atoms with Crippen LogP contribution in [0.25, 0.3) is 6.08 Å². The molecule has 0 aliphatic heterocycles. The molecule has 1 unspecified atom stereocenters. The van der Waals surface area contributed by atoms with Crippen LogP contribution >= 0.6 is 0 Å². The van der Waals surface area contributed by atoms with Gasteiger partial charge in [0, 0.05) is 8.80 Å².